The molecule has 0 amide bonds. The fraction of sp³-hybridized carbons (Fsp3) is 0.971. The van der Waals surface area contributed by atoms with Crippen molar-refractivity contribution in [3.05, 3.63) is 0 Å². The van der Waals surface area contributed by atoms with E-state index in [0.717, 1.165) is 19.4 Å². The fourth-order valence-electron chi connectivity index (χ4n) is 3.71. The molecule has 0 rings (SSSR count). The molecule has 0 aromatic rings. The second-order valence-electron chi connectivity index (χ2n) is 10.9. The summed E-state index contributed by atoms with van der Waals surface area (Å²) in [4.78, 5) is 13.7. The van der Waals surface area contributed by atoms with Gasteiger partial charge in [0.2, 0.25) is 0 Å². The van der Waals surface area contributed by atoms with Crippen LogP contribution in [0.25, 0.3) is 0 Å². The lowest BCUT2D eigenvalue weighted by atomic mass is 10.1. The van der Waals surface area contributed by atoms with Crippen LogP contribution < -0.4 is 0 Å². The van der Waals surface area contributed by atoms with Crippen LogP contribution in [0.3, 0.4) is 0 Å². The summed E-state index contributed by atoms with van der Waals surface area (Å²) in [5.74, 6) is -0.147. The Labute approximate surface area is 290 Å². The average Bonchev–Trinajstić information content (AvgIpc) is 3.07. The molecular formula is C34H69NO13. The van der Waals surface area contributed by atoms with Gasteiger partial charge >= 0.3 is 5.97 Å². The zero-order valence-electron chi connectivity index (χ0n) is 30.5. The highest BCUT2D eigenvalue weighted by Gasteiger charge is 2.02. The van der Waals surface area contributed by atoms with Crippen molar-refractivity contribution in [2.75, 3.05) is 173 Å². The molecule has 0 bridgehead atoms. The summed E-state index contributed by atoms with van der Waals surface area (Å²) in [5, 5.41) is 0. The minimum Gasteiger partial charge on any atom is -0.463 e. The lowest BCUT2D eigenvalue weighted by Crippen LogP contribution is -2.19. The van der Waals surface area contributed by atoms with Crippen LogP contribution in [-0.4, -0.2) is 183 Å². The van der Waals surface area contributed by atoms with E-state index in [9.17, 15) is 4.79 Å². The van der Waals surface area contributed by atoms with Crippen LogP contribution in [0.15, 0.2) is 0 Å². The third kappa shape index (κ3) is 43.0. The maximum absolute atomic E-state index is 11.6. The first-order valence-corrected chi connectivity index (χ1v) is 17.8. The highest BCUT2D eigenvalue weighted by molar-refractivity contribution is 5.69. The molecule has 0 saturated carbocycles. The monoisotopic (exact) mass is 699 g/mol. The highest BCUT2D eigenvalue weighted by Crippen LogP contribution is 2.05. The van der Waals surface area contributed by atoms with E-state index in [0.29, 0.717) is 152 Å². The van der Waals surface area contributed by atoms with Crippen LogP contribution in [0.2, 0.25) is 0 Å². The third-order valence-corrected chi connectivity index (χ3v) is 6.38. The van der Waals surface area contributed by atoms with Crippen molar-refractivity contribution in [2.45, 2.75) is 45.4 Å². The SMILES string of the molecule is CCCCCCCC(=O)OCCOCCOCCOCCOCCOCCOCCOCCOCCOCCOCCOCCN(C)C. The number of esters is 1. The summed E-state index contributed by atoms with van der Waals surface area (Å²) in [6.07, 6.45) is 6.08. The van der Waals surface area contributed by atoms with Gasteiger partial charge in [-0.25, -0.2) is 0 Å². The second-order valence-corrected chi connectivity index (χ2v) is 10.9. The van der Waals surface area contributed by atoms with Crippen molar-refractivity contribution < 1.29 is 61.6 Å². The molecule has 0 fully saturated rings. The standard InChI is InChI=1S/C34H69NO13/c1-4-5-6-7-8-9-34(36)48-33-32-47-31-30-46-29-28-45-27-26-44-25-24-43-23-22-42-21-20-41-19-18-40-17-16-39-15-14-38-13-12-37-11-10-35(2)3/h4-33H2,1-3H3. The smallest absolute Gasteiger partial charge is 0.305 e. The second kappa shape index (κ2) is 42.2. The number of likely N-dealkylation sites (N-methyl/N-ethyl adjacent to an activating group) is 1. The van der Waals surface area contributed by atoms with Crippen LogP contribution in [0.5, 0.6) is 0 Å². The molecule has 0 aromatic heterocycles. The van der Waals surface area contributed by atoms with E-state index in [1.165, 1.54) is 19.3 Å². The molecule has 0 atom stereocenters. The van der Waals surface area contributed by atoms with Crippen LogP contribution in [0.1, 0.15) is 45.4 Å². The Kier molecular flexibility index (Phi) is 41.3. The number of carbonyl (C=O) groups is 1. The molecule has 0 aromatic carbocycles. The number of rotatable bonds is 42. The van der Waals surface area contributed by atoms with Crippen LogP contribution in [0.4, 0.5) is 0 Å². The van der Waals surface area contributed by atoms with Gasteiger partial charge in [0, 0.05) is 13.0 Å². The van der Waals surface area contributed by atoms with E-state index in [4.69, 9.17) is 56.8 Å². The molecule has 0 heterocycles. The molecule has 288 valence electrons. The van der Waals surface area contributed by atoms with E-state index in [2.05, 4.69) is 11.8 Å². The Morgan fingerprint density at radius 3 is 0.938 bits per heavy atom. The van der Waals surface area contributed by atoms with Crippen molar-refractivity contribution in [3.63, 3.8) is 0 Å². The average molecular weight is 700 g/mol. The lowest BCUT2D eigenvalue weighted by Gasteiger charge is -2.10. The van der Waals surface area contributed by atoms with Gasteiger partial charge in [-0.3, -0.25) is 4.79 Å². The Balaban J connectivity index is 3.09. The first-order valence-electron chi connectivity index (χ1n) is 17.8. The third-order valence-electron chi connectivity index (χ3n) is 6.38. The molecule has 0 aliphatic heterocycles. The highest BCUT2D eigenvalue weighted by atomic mass is 16.6. The van der Waals surface area contributed by atoms with Gasteiger partial charge in [-0.1, -0.05) is 32.6 Å². The molecule has 48 heavy (non-hydrogen) atoms. The first-order chi connectivity index (χ1) is 23.7. The Morgan fingerprint density at radius 2 is 0.646 bits per heavy atom. The summed E-state index contributed by atoms with van der Waals surface area (Å²) in [6, 6.07) is 0. The van der Waals surface area contributed by atoms with Gasteiger partial charge in [-0.05, 0) is 20.5 Å². The zero-order chi connectivity index (χ0) is 34.9. The van der Waals surface area contributed by atoms with Crippen molar-refractivity contribution in [2.24, 2.45) is 0 Å². The van der Waals surface area contributed by atoms with Crippen molar-refractivity contribution in [1.29, 1.82) is 0 Å². The summed E-state index contributed by atoms with van der Waals surface area (Å²) in [6.45, 7) is 14.7. The number of nitrogens with zero attached hydrogens (tertiary/aromatic N) is 1. The zero-order valence-corrected chi connectivity index (χ0v) is 30.5. The maximum Gasteiger partial charge on any atom is 0.305 e. The predicted molar refractivity (Wildman–Crippen MR) is 182 cm³/mol. The summed E-state index contributed by atoms with van der Waals surface area (Å²) in [7, 11) is 4.04. The topological polar surface area (TPSA) is 131 Å². The molecule has 0 saturated heterocycles. The first kappa shape index (κ1) is 47.0. The van der Waals surface area contributed by atoms with Gasteiger partial charge < -0.3 is 61.7 Å². The summed E-state index contributed by atoms with van der Waals surface area (Å²) >= 11 is 0. The quantitative estimate of drug-likeness (QED) is 0.0684. The van der Waals surface area contributed by atoms with Gasteiger partial charge in [-0.15, -0.1) is 0 Å². The van der Waals surface area contributed by atoms with E-state index in [1.54, 1.807) is 0 Å². The number of hydrogen-bond acceptors (Lipinski definition) is 14. The van der Waals surface area contributed by atoms with Gasteiger partial charge in [0.15, 0.2) is 0 Å². The Morgan fingerprint density at radius 1 is 0.375 bits per heavy atom. The van der Waals surface area contributed by atoms with E-state index >= 15 is 0 Å². The minimum atomic E-state index is -0.147. The summed E-state index contributed by atoms with van der Waals surface area (Å²) < 4.78 is 65.3. The van der Waals surface area contributed by atoms with Gasteiger partial charge in [0.05, 0.1) is 145 Å². The molecular weight excluding hydrogens is 630 g/mol. The molecule has 0 unspecified atom stereocenters. The number of carbonyl (C=O) groups excluding carboxylic acids is 1. The number of ether oxygens (including phenoxy) is 12. The van der Waals surface area contributed by atoms with Crippen molar-refractivity contribution in [1.82, 2.24) is 4.90 Å². The van der Waals surface area contributed by atoms with E-state index < -0.39 is 0 Å². The lowest BCUT2D eigenvalue weighted by molar-refractivity contribution is -0.145. The Hall–Kier alpha value is -1.01. The normalized spacial score (nSPS) is 11.6. The number of hydrogen-bond donors (Lipinski definition) is 0. The van der Waals surface area contributed by atoms with Gasteiger partial charge in [0.1, 0.15) is 6.61 Å². The molecule has 0 N–H and O–H groups in total. The molecule has 0 aliphatic carbocycles. The van der Waals surface area contributed by atoms with Crippen LogP contribution >= 0.6 is 0 Å². The van der Waals surface area contributed by atoms with E-state index in [1.807, 2.05) is 14.1 Å². The van der Waals surface area contributed by atoms with Gasteiger partial charge in [0.25, 0.3) is 0 Å². The molecule has 14 heteroatoms. The molecule has 0 spiro atoms. The predicted octanol–water partition coefficient (Wildman–Crippen LogP) is 2.63. The minimum absolute atomic E-state index is 0.147. The summed E-state index contributed by atoms with van der Waals surface area (Å²) in [5.41, 5.74) is 0. The van der Waals surface area contributed by atoms with Gasteiger partial charge in [-0.2, -0.15) is 0 Å². The van der Waals surface area contributed by atoms with Crippen LogP contribution in [0, 0.1) is 0 Å². The molecule has 0 aliphatic rings. The van der Waals surface area contributed by atoms with Crippen LogP contribution in [-0.2, 0) is 61.6 Å². The molecule has 0 radical (unpaired) electrons. The largest absolute Gasteiger partial charge is 0.463 e. The maximum atomic E-state index is 11.6. The fourth-order valence-corrected chi connectivity index (χ4v) is 3.71. The number of unbranched alkanes of at least 4 members (excludes halogenated alkanes) is 4. The molecule has 14 nitrogen and oxygen atoms in total. The van der Waals surface area contributed by atoms with E-state index in [-0.39, 0.29) is 12.6 Å². The van der Waals surface area contributed by atoms with Crippen molar-refractivity contribution in [3.8, 4) is 0 Å². The Bertz CT molecular complexity index is 620. The van der Waals surface area contributed by atoms with Crippen molar-refractivity contribution >= 4 is 5.97 Å².